The molecule has 0 N–H and O–H groups in total. The zero-order chi connectivity index (χ0) is 21.5. The van der Waals surface area contributed by atoms with Gasteiger partial charge in [-0.2, -0.15) is 4.80 Å². The van der Waals surface area contributed by atoms with Crippen LogP contribution < -0.4 is 0 Å². The predicted octanol–water partition coefficient (Wildman–Crippen LogP) is 3.92. The van der Waals surface area contributed by atoms with E-state index in [0.29, 0.717) is 18.9 Å². The van der Waals surface area contributed by atoms with Gasteiger partial charge in [0, 0.05) is 18.7 Å². The summed E-state index contributed by atoms with van der Waals surface area (Å²) >= 11 is 0. The highest BCUT2D eigenvalue weighted by atomic mass is 16.2. The van der Waals surface area contributed by atoms with Gasteiger partial charge in [0.2, 0.25) is 11.7 Å². The highest BCUT2D eigenvalue weighted by Crippen LogP contribution is 2.14. The summed E-state index contributed by atoms with van der Waals surface area (Å²) in [5.41, 5.74) is 4.35. The van der Waals surface area contributed by atoms with Gasteiger partial charge in [-0.25, -0.2) is 0 Å². The lowest BCUT2D eigenvalue weighted by Gasteiger charge is -2.22. The van der Waals surface area contributed by atoms with Crippen molar-refractivity contribution < 1.29 is 4.79 Å². The number of aryl methyl sites for hydroxylation is 1. The van der Waals surface area contributed by atoms with Gasteiger partial charge in [0.05, 0.1) is 0 Å². The topological polar surface area (TPSA) is 63.9 Å². The first-order valence-electron chi connectivity index (χ1n) is 10.4. The molecule has 4 rings (SSSR count). The van der Waals surface area contributed by atoms with E-state index in [9.17, 15) is 4.79 Å². The van der Waals surface area contributed by atoms with Crippen LogP contribution in [0.4, 0.5) is 0 Å². The summed E-state index contributed by atoms with van der Waals surface area (Å²) in [7, 11) is 0. The Morgan fingerprint density at radius 1 is 0.871 bits per heavy atom. The fourth-order valence-corrected chi connectivity index (χ4v) is 3.35. The summed E-state index contributed by atoms with van der Waals surface area (Å²) in [6.45, 7) is 3.26. The van der Waals surface area contributed by atoms with E-state index in [1.165, 1.54) is 15.9 Å². The highest BCUT2D eigenvalue weighted by molar-refractivity contribution is 5.75. The molecule has 1 aromatic heterocycles. The Hall–Kier alpha value is -3.80. The van der Waals surface area contributed by atoms with Crippen molar-refractivity contribution in [1.29, 1.82) is 0 Å². The predicted molar refractivity (Wildman–Crippen MR) is 120 cm³/mol. The molecule has 0 spiro atoms. The number of rotatable bonds is 8. The lowest BCUT2D eigenvalue weighted by molar-refractivity contribution is -0.132. The molecule has 156 valence electrons. The average Bonchev–Trinajstić information content (AvgIpc) is 3.27. The van der Waals surface area contributed by atoms with Crippen LogP contribution in [-0.4, -0.2) is 37.6 Å². The highest BCUT2D eigenvalue weighted by Gasteiger charge is 2.17. The number of amides is 1. The fourth-order valence-electron chi connectivity index (χ4n) is 3.35. The first kappa shape index (κ1) is 20.5. The van der Waals surface area contributed by atoms with Crippen molar-refractivity contribution in [3.8, 4) is 11.4 Å². The summed E-state index contributed by atoms with van der Waals surface area (Å²) < 4.78 is 0. The van der Waals surface area contributed by atoms with Crippen LogP contribution in [0.15, 0.2) is 84.9 Å². The molecule has 1 heterocycles. The zero-order valence-corrected chi connectivity index (χ0v) is 17.6. The number of carbonyl (C=O) groups excluding carboxylic acids is 1. The quantitative estimate of drug-likeness (QED) is 0.441. The molecular weight excluding hydrogens is 386 g/mol. The number of carbonyl (C=O) groups is 1. The van der Waals surface area contributed by atoms with E-state index in [4.69, 9.17) is 0 Å². The molecule has 4 aromatic rings. The molecule has 0 aliphatic rings. The Morgan fingerprint density at radius 3 is 2.19 bits per heavy atom. The largest absolute Gasteiger partial charge is 0.336 e. The van der Waals surface area contributed by atoms with E-state index in [1.807, 2.05) is 84.6 Å². The third-order valence-corrected chi connectivity index (χ3v) is 5.12. The van der Waals surface area contributed by atoms with Gasteiger partial charge >= 0.3 is 0 Å². The van der Waals surface area contributed by atoms with Crippen LogP contribution in [0.5, 0.6) is 0 Å². The molecule has 0 radical (unpaired) electrons. The van der Waals surface area contributed by atoms with Gasteiger partial charge in [0.25, 0.3) is 0 Å². The minimum Gasteiger partial charge on any atom is -0.336 e. The third-order valence-electron chi connectivity index (χ3n) is 5.12. The Balaban J connectivity index is 1.46. The number of hydrogen-bond donors (Lipinski definition) is 0. The van der Waals surface area contributed by atoms with E-state index in [1.54, 1.807) is 0 Å². The smallest absolute Gasteiger partial charge is 0.246 e. The fraction of sp³-hybridized carbons (Fsp3) is 0.200. The van der Waals surface area contributed by atoms with E-state index in [2.05, 4.69) is 27.5 Å². The van der Waals surface area contributed by atoms with Crippen molar-refractivity contribution in [2.75, 3.05) is 6.54 Å². The van der Waals surface area contributed by atoms with E-state index >= 15 is 0 Å². The molecule has 0 aliphatic carbocycles. The lowest BCUT2D eigenvalue weighted by Crippen LogP contribution is -2.35. The minimum atomic E-state index is -0.0346. The molecular formula is C25H25N5O. The molecule has 0 fully saturated rings. The van der Waals surface area contributed by atoms with Gasteiger partial charge in [-0.3, -0.25) is 4.79 Å². The van der Waals surface area contributed by atoms with Gasteiger partial charge in [-0.05, 0) is 29.7 Å². The van der Waals surface area contributed by atoms with Gasteiger partial charge in [-0.1, -0.05) is 90.5 Å². The second-order valence-electron chi connectivity index (χ2n) is 7.55. The number of aromatic nitrogens is 4. The first-order chi connectivity index (χ1) is 15.2. The minimum absolute atomic E-state index is 0.0346. The molecule has 6 heteroatoms. The normalized spacial score (nSPS) is 10.7. The van der Waals surface area contributed by atoms with E-state index < -0.39 is 0 Å². The van der Waals surface area contributed by atoms with Crippen LogP contribution in [0.3, 0.4) is 0 Å². The molecule has 0 atom stereocenters. The molecule has 0 aliphatic heterocycles. The Labute approximate surface area is 182 Å². The van der Waals surface area contributed by atoms with Crippen LogP contribution in [0.2, 0.25) is 0 Å². The number of nitrogens with zero attached hydrogens (tertiary/aromatic N) is 5. The monoisotopic (exact) mass is 411 g/mol. The summed E-state index contributed by atoms with van der Waals surface area (Å²) in [6.07, 6.45) is 0.790. The standard InChI is InChI=1S/C25H25N5O/c1-20-12-14-23(15-13-20)25-26-28-30(27-25)19-24(31)29(18-22-10-6-3-7-11-22)17-16-21-8-4-2-5-9-21/h2-15H,16-19H2,1H3. The van der Waals surface area contributed by atoms with Gasteiger partial charge in [-0.15, -0.1) is 10.2 Å². The van der Waals surface area contributed by atoms with Crippen LogP contribution >= 0.6 is 0 Å². The molecule has 1 amide bonds. The van der Waals surface area contributed by atoms with Crippen molar-refractivity contribution in [1.82, 2.24) is 25.1 Å². The summed E-state index contributed by atoms with van der Waals surface area (Å²) in [5.74, 6) is 0.485. The lowest BCUT2D eigenvalue weighted by atomic mass is 10.1. The molecule has 0 unspecified atom stereocenters. The maximum atomic E-state index is 13.1. The third kappa shape index (κ3) is 5.63. The van der Waals surface area contributed by atoms with Crippen LogP contribution in [0.1, 0.15) is 16.7 Å². The average molecular weight is 412 g/mol. The molecule has 3 aromatic carbocycles. The second kappa shape index (κ2) is 9.80. The van der Waals surface area contributed by atoms with Crippen molar-refractivity contribution >= 4 is 5.91 Å². The maximum absolute atomic E-state index is 13.1. The maximum Gasteiger partial charge on any atom is 0.246 e. The number of hydrogen-bond acceptors (Lipinski definition) is 4. The molecule has 0 bridgehead atoms. The summed E-state index contributed by atoms with van der Waals surface area (Å²) in [6, 6.07) is 28.1. The van der Waals surface area contributed by atoms with Crippen molar-refractivity contribution in [2.45, 2.75) is 26.4 Å². The van der Waals surface area contributed by atoms with E-state index in [0.717, 1.165) is 17.5 Å². The van der Waals surface area contributed by atoms with Crippen molar-refractivity contribution in [3.63, 3.8) is 0 Å². The Kier molecular flexibility index (Phi) is 6.47. The summed E-state index contributed by atoms with van der Waals surface area (Å²) in [5, 5.41) is 12.6. The number of benzene rings is 3. The van der Waals surface area contributed by atoms with Crippen LogP contribution in [0, 0.1) is 6.92 Å². The molecule has 0 saturated carbocycles. The Morgan fingerprint density at radius 2 is 1.52 bits per heavy atom. The zero-order valence-electron chi connectivity index (χ0n) is 17.6. The van der Waals surface area contributed by atoms with Gasteiger partial charge in [0.15, 0.2) is 0 Å². The Bertz CT molecular complexity index is 1110. The van der Waals surface area contributed by atoms with Crippen molar-refractivity contribution in [2.24, 2.45) is 0 Å². The van der Waals surface area contributed by atoms with Gasteiger partial charge in [0.1, 0.15) is 6.54 Å². The van der Waals surface area contributed by atoms with Gasteiger partial charge < -0.3 is 4.90 Å². The SMILES string of the molecule is Cc1ccc(-c2nnn(CC(=O)N(CCc3ccccc3)Cc3ccccc3)n2)cc1. The molecule has 6 nitrogen and oxygen atoms in total. The van der Waals surface area contributed by atoms with Crippen LogP contribution in [-0.2, 0) is 24.3 Å². The molecule has 0 saturated heterocycles. The van der Waals surface area contributed by atoms with Crippen LogP contribution in [0.25, 0.3) is 11.4 Å². The number of tetrazole rings is 1. The van der Waals surface area contributed by atoms with E-state index in [-0.39, 0.29) is 12.5 Å². The van der Waals surface area contributed by atoms with Crippen molar-refractivity contribution in [3.05, 3.63) is 102 Å². The second-order valence-corrected chi connectivity index (χ2v) is 7.55. The first-order valence-corrected chi connectivity index (χ1v) is 10.4. The summed E-state index contributed by atoms with van der Waals surface area (Å²) in [4.78, 5) is 16.4. The molecule has 31 heavy (non-hydrogen) atoms.